The molecule has 0 aliphatic heterocycles. The summed E-state index contributed by atoms with van der Waals surface area (Å²) >= 11 is 0. The van der Waals surface area contributed by atoms with Crippen molar-refractivity contribution >= 4 is 11.8 Å². The highest BCUT2D eigenvalue weighted by Gasteiger charge is 2.64. The Hall–Kier alpha value is -1.32. The van der Waals surface area contributed by atoms with Crippen molar-refractivity contribution < 1.29 is 19.4 Å². The molecule has 1 saturated carbocycles. The molecule has 0 radical (unpaired) electrons. The monoisotopic (exact) mass is 240 g/mol. The fourth-order valence-corrected chi connectivity index (χ4v) is 2.21. The maximum atomic E-state index is 11.6. The number of carbonyl (C=O) groups is 2. The minimum atomic E-state index is -0.833. The highest BCUT2D eigenvalue weighted by atomic mass is 16.5. The summed E-state index contributed by atoms with van der Waals surface area (Å²) in [6, 6.07) is 0. The Morgan fingerprint density at radius 1 is 1.29 bits per heavy atom. The largest absolute Gasteiger partial charge is 0.501 e. The zero-order chi connectivity index (χ0) is 13.4. The van der Waals surface area contributed by atoms with E-state index in [1.807, 2.05) is 13.8 Å². The predicted molar refractivity (Wildman–Crippen MR) is 63.3 cm³/mol. The first kappa shape index (κ1) is 13.7. The van der Waals surface area contributed by atoms with Gasteiger partial charge in [0, 0.05) is 17.9 Å². The Balaban J connectivity index is 2.92. The van der Waals surface area contributed by atoms with E-state index < -0.39 is 11.9 Å². The molecule has 0 aromatic rings. The van der Waals surface area contributed by atoms with E-state index in [4.69, 9.17) is 9.84 Å². The molecule has 1 N–H and O–H groups in total. The van der Waals surface area contributed by atoms with Crippen molar-refractivity contribution in [3.8, 4) is 0 Å². The molecule has 0 bridgehead atoms. The van der Waals surface area contributed by atoms with Crippen LogP contribution in [0.2, 0.25) is 0 Å². The van der Waals surface area contributed by atoms with Gasteiger partial charge in [0.05, 0.1) is 13.0 Å². The Labute approximate surface area is 102 Å². The molecular weight excluding hydrogens is 220 g/mol. The number of hydrogen-bond donors (Lipinski definition) is 1. The molecule has 1 aliphatic rings. The van der Waals surface area contributed by atoms with Gasteiger partial charge in [-0.1, -0.05) is 27.7 Å². The molecule has 0 spiro atoms. The lowest BCUT2D eigenvalue weighted by Gasteiger charge is -2.08. The Bertz CT molecular complexity index is 366. The number of methoxy groups -OCH3 is 1. The summed E-state index contributed by atoms with van der Waals surface area (Å²) in [7, 11) is 1.48. The van der Waals surface area contributed by atoms with Gasteiger partial charge in [-0.25, -0.2) is 0 Å². The summed E-state index contributed by atoms with van der Waals surface area (Å²) in [6.07, 6.45) is 1.44. The smallest absolute Gasteiger partial charge is 0.307 e. The van der Waals surface area contributed by atoms with E-state index in [9.17, 15) is 9.59 Å². The van der Waals surface area contributed by atoms with Crippen LogP contribution < -0.4 is 0 Å². The number of ketones is 1. The highest BCUT2D eigenvalue weighted by molar-refractivity contribution is 5.92. The number of rotatable bonds is 5. The summed E-state index contributed by atoms with van der Waals surface area (Å²) in [5, 5.41) is 9.08. The van der Waals surface area contributed by atoms with E-state index >= 15 is 0 Å². The number of allylic oxidation sites excluding steroid dienone is 2. The van der Waals surface area contributed by atoms with Crippen molar-refractivity contribution in [1.29, 1.82) is 0 Å². The molecule has 0 aromatic heterocycles. The summed E-state index contributed by atoms with van der Waals surface area (Å²) < 4.78 is 5.19. The predicted octanol–water partition coefficient (Wildman–Crippen LogP) is 2.10. The van der Waals surface area contributed by atoms with Gasteiger partial charge in [-0.05, 0) is 5.41 Å². The lowest BCUT2D eigenvalue weighted by Crippen LogP contribution is -2.07. The first-order chi connectivity index (χ1) is 7.73. The number of ether oxygens (including phenoxy) is 1. The van der Waals surface area contributed by atoms with Crippen LogP contribution in [0.25, 0.3) is 0 Å². The normalized spacial score (nSPS) is 26.8. The third-order valence-corrected chi connectivity index (χ3v) is 3.49. The van der Waals surface area contributed by atoms with E-state index in [1.165, 1.54) is 13.2 Å². The van der Waals surface area contributed by atoms with Crippen LogP contribution in [0.4, 0.5) is 0 Å². The van der Waals surface area contributed by atoms with Crippen LogP contribution in [0.5, 0.6) is 0 Å². The number of aliphatic carboxylic acids is 1. The van der Waals surface area contributed by atoms with Gasteiger partial charge in [0.15, 0.2) is 5.78 Å². The van der Waals surface area contributed by atoms with Crippen LogP contribution in [-0.4, -0.2) is 24.0 Å². The third-order valence-electron chi connectivity index (χ3n) is 3.49. The van der Waals surface area contributed by atoms with Crippen molar-refractivity contribution in [3.63, 3.8) is 0 Å². The Morgan fingerprint density at radius 3 is 2.12 bits per heavy atom. The zero-order valence-corrected chi connectivity index (χ0v) is 11.0. The van der Waals surface area contributed by atoms with Gasteiger partial charge < -0.3 is 9.84 Å². The number of carbonyl (C=O) groups excluding carboxylic acids is 1. The van der Waals surface area contributed by atoms with Crippen LogP contribution in [-0.2, 0) is 14.3 Å². The maximum Gasteiger partial charge on any atom is 0.307 e. The van der Waals surface area contributed by atoms with E-state index in [0.29, 0.717) is 5.76 Å². The van der Waals surface area contributed by atoms with Crippen molar-refractivity contribution in [3.05, 3.63) is 11.8 Å². The summed E-state index contributed by atoms with van der Waals surface area (Å²) in [5.41, 5.74) is -0.342. The SMILES string of the molecule is COC(=CC(=O)C(C)C)C1C(C(=O)O)C1(C)C. The molecule has 4 nitrogen and oxygen atoms in total. The number of carboxylic acid groups (broad SMARTS) is 1. The van der Waals surface area contributed by atoms with Crippen molar-refractivity contribution in [2.75, 3.05) is 7.11 Å². The number of hydrogen-bond acceptors (Lipinski definition) is 3. The molecule has 0 aromatic carbocycles. The van der Waals surface area contributed by atoms with Gasteiger partial charge in [-0.2, -0.15) is 0 Å². The molecule has 4 heteroatoms. The summed E-state index contributed by atoms with van der Waals surface area (Å²) in [6.45, 7) is 7.37. The van der Waals surface area contributed by atoms with Gasteiger partial charge in [0.1, 0.15) is 5.76 Å². The third kappa shape index (κ3) is 2.51. The molecule has 1 fully saturated rings. The standard InChI is InChI=1S/C13H20O4/c1-7(2)8(14)6-9(17-5)10-11(12(15)16)13(10,3)4/h6-7,10-11H,1-5H3,(H,15,16). The fourth-order valence-electron chi connectivity index (χ4n) is 2.21. The van der Waals surface area contributed by atoms with E-state index in [-0.39, 0.29) is 23.0 Å². The van der Waals surface area contributed by atoms with Gasteiger partial charge in [0.25, 0.3) is 0 Å². The fraction of sp³-hybridized carbons (Fsp3) is 0.692. The molecule has 1 rings (SSSR count). The van der Waals surface area contributed by atoms with Gasteiger partial charge in [-0.3, -0.25) is 9.59 Å². The first-order valence-corrected chi connectivity index (χ1v) is 5.75. The molecule has 0 heterocycles. The topological polar surface area (TPSA) is 63.6 Å². The van der Waals surface area contributed by atoms with E-state index in [2.05, 4.69) is 0 Å². The summed E-state index contributed by atoms with van der Waals surface area (Å²) in [5.74, 6) is -1.15. The molecule has 0 saturated heterocycles. The van der Waals surface area contributed by atoms with Crippen LogP contribution >= 0.6 is 0 Å². The summed E-state index contributed by atoms with van der Waals surface area (Å²) in [4.78, 5) is 22.7. The second-order valence-corrected chi connectivity index (χ2v) is 5.42. The highest BCUT2D eigenvalue weighted by Crippen LogP contribution is 2.61. The van der Waals surface area contributed by atoms with Gasteiger partial charge in [-0.15, -0.1) is 0 Å². The van der Waals surface area contributed by atoms with Crippen molar-refractivity contribution in [1.82, 2.24) is 0 Å². The van der Waals surface area contributed by atoms with E-state index in [1.54, 1.807) is 13.8 Å². The Morgan fingerprint density at radius 2 is 1.82 bits per heavy atom. The zero-order valence-electron chi connectivity index (χ0n) is 11.0. The molecule has 0 amide bonds. The van der Waals surface area contributed by atoms with Crippen LogP contribution in [0.3, 0.4) is 0 Å². The lowest BCUT2D eigenvalue weighted by molar-refractivity contribution is -0.139. The van der Waals surface area contributed by atoms with Crippen molar-refractivity contribution in [2.24, 2.45) is 23.2 Å². The molecule has 96 valence electrons. The average Bonchev–Trinajstić information content (AvgIpc) is 2.77. The molecule has 2 atom stereocenters. The van der Waals surface area contributed by atoms with Crippen LogP contribution in [0, 0.1) is 23.2 Å². The molecular formula is C13H20O4. The average molecular weight is 240 g/mol. The minimum absolute atomic E-state index is 0.0336. The Kier molecular flexibility index (Phi) is 3.65. The molecule has 1 aliphatic carbocycles. The van der Waals surface area contributed by atoms with Crippen LogP contribution in [0.15, 0.2) is 11.8 Å². The van der Waals surface area contributed by atoms with Gasteiger partial charge in [0.2, 0.25) is 0 Å². The second-order valence-electron chi connectivity index (χ2n) is 5.42. The van der Waals surface area contributed by atoms with E-state index in [0.717, 1.165) is 0 Å². The quantitative estimate of drug-likeness (QED) is 0.590. The first-order valence-electron chi connectivity index (χ1n) is 5.75. The van der Waals surface area contributed by atoms with Gasteiger partial charge >= 0.3 is 5.97 Å². The second kappa shape index (κ2) is 4.51. The number of carboxylic acids is 1. The molecule has 2 unspecified atom stereocenters. The molecule has 17 heavy (non-hydrogen) atoms. The maximum absolute atomic E-state index is 11.6. The minimum Gasteiger partial charge on any atom is -0.501 e. The van der Waals surface area contributed by atoms with Crippen LogP contribution in [0.1, 0.15) is 27.7 Å². The van der Waals surface area contributed by atoms with Crippen molar-refractivity contribution in [2.45, 2.75) is 27.7 Å². The lowest BCUT2D eigenvalue weighted by atomic mass is 10.0.